The predicted molar refractivity (Wildman–Crippen MR) is 201 cm³/mol. The van der Waals surface area contributed by atoms with Crippen LogP contribution in [-0.2, 0) is 40.0 Å². The van der Waals surface area contributed by atoms with E-state index in [9.17, 15) is 48.9 Å². The van der Waals surface area contributed by atoms with E-state index in [0.29, 0.717) is 12.0 Å². The van der Waals surface area contributed by atoms with Crippen molar-refractivity contribution in [2.24, 2.45) is 38.7 Å². The second-order valence-corrected chi connectivity index (χ2v) is 12.7. The number of carbonyl (C=O) groups excluding carboxylic acids is 6. The Morgan fingerprint density at radius 3 is 1.77 bits per heavy atom. The van der Waals surface area contributed by atoms with Crippen LogP contribution < -0.4 is 55.3 Å². The number of phenolic OH excluding ortho intramolecular Hbond substituents is 1. The number of guanidine groups is 2. The summed E-state index contributed by atoms with van der Waals surface area (Å²) in [5, 5.41) is 50.7. The van der Waals surface area contributed by atoms with Crippen molar-refractivity contribution in [3.63, 3.8) is 0 Å². The third-order valence-corrected chi connectivity index (χ3v) is 7.93. The van der Waals surface area contributed by atoms with E-state index in [1.54, 1.807) is 0 Å². The van der Waals surface area contributed by atoms with Gasteiger partial charge in [-0.3, -0.25) is 38.8 Å². The molecule has 23 nitrogen and oxygen atoms in total. The third kappa shape index (κ3) is 18.8. The molecule has 19 N–H and O–H groups in total. The van der Waals surface area contributed by atoms with Gasteiger partial charge in [0, 0.05) is 25.9 Å². The van der Waals surface area contributed by atoms with Gasteiger partial charge in [0.2, 0.25) is 29.5 Å². The fourth-order valence-corrected chi connectivity index (χ4v) is 4.90. The standard InChI is InChI=1S/C33H54N12O11/c1-17(48)26(31(56)41-19(15-46)8-11-25(50)51)45-30(55)24(16-47)44-29(54)23(14-18-6-9-20(49)10-7-18)43-28(53)22(5-3-13-40-33(37)38)42-27(52)21(34)4-2-12-39-32(35)36/h6-7,9-10,15,17,19,21-24,26,47-49H,2-5,8,11-14,16,34H2,1H3,(H,41,56)(H,42,52)(H,43,53)(H,44,54)(H,45,55)(H,50,51)(H4,35,36,39)(H4,37,38,40)/t17-,19+,21+,22+,23+,24+,26+/m1/s1. The minimum absolute atomic E-state index is 0.0195. The summed E-state index contributed by atoms with van der Waals surface area (Å²) in [5.41, 5.74) is 27.9. The first kappa shape index (κ1) is 48.0. The zero-order chi connectivity index (χ0) is 42.4. The Kier molecular flexibility index (Phi) is 21.5. The molecule has 0 saturated carbocycles. The summed E-state index contributed by atoms with van der Waals surface area (Å²) in [4.78, 5) is 96.5. The highest BCUT2D eigenvalue weighted by Gasteiger charge is 2.33. The van der Waals surface area contributed by atoms with Gasteiger partial charge in [0.05, 0.1) is 24.8 Å². The highest BCUT2D eigenvalue weighted by atomic mass is 16.4. The van der Waals surface area contributed by atoms with Crippen LogP contribution >= 0.6 is 0 Å². The van der Waals surface area contributed by atoms with Crippen molar-refractivity contribution in [1.82, 2.24) is 26.6 Å². The number of carboxylic acids is 1. The topological polar surface area (TPSA) is 415 Å². The second kappa shape index (κ2) is 25.1. The van der Waals surface area contributed by atoms with Crippen molar-refractivity contribution in [3.05, 3.63) is 29.8 Å². The Morgan fingerprint density at radius 2 is 1.25 bits per heavy atom. The molecule has 1 rings (SSSR count). The minimum atomic E-state index is -1.75. The number of hydrogen-bond acceptors (Lipinski definition) is 13. The van der Waals surface area contributed by atoms with Gasteiger partial charge < -0.3 is 80.5 Å². The summed E-state index contributed by atoms with van der Waals surface area (Å²) >= 11 is 0. The lowest BCUT2D eigenvalue weighted by Crippen LogP contribution is -2.61. The molecule has 0 spiro atoms. The molecule has 0 saturated heterocycles. The Balaban J connectivity index is 3.28. The van der Waals surface area contributed by atoms with Gasteiger partial charge in [0.1, 0.15) is 36.2 Å². The lowest BCUT2D eigenvalue weighted by Gasteiger charge is -2.27. The molecule has 0 radical (unpaired) electrons. The summed E-state index contributed by atoms with van der Waals surface area (Å²) in [5.74, 6) is -6.42. The largest absolute Gasteiger partial charge is 0.508 e. The summed E-state index contributed by atoms with van der Waals surface area (Å²) < 4.78 is 0. The molecule has 0 aliphatic rings. The number of aliphatic hydroxyl groups is 2. The number of rotatable bonds is 26. The SMILES string of the molecule is C[C@@H](O)[C@H](NC(=O)[C@H](CO)NC(=O)[C@H](Cc1ccc(O)cc1)NC(=O)[C@H](CCCN=C(N)N)NC(=O)[C@@H](N)CCCN=C(N)N)C(=O)N[C@H](C=O)CCC(=O)O. The van der Waals surface area contributed by atoms with Gasteiger partial charge >= 0.3 is 5.97 Å². The fourth-order valence-electron chi connectivity index (χ4n) is 4.90. The Bertz CT molecular complexity index is 1530. The first-order chi connectivity index (χ1) is 26.4. The lowest BCUT2D eigenvalue weighted by atomic mass is 10.0. The first-order valence-electron chi connectivity index (χ1n) is 17.5. The third-order valence-electron chi connectivity index (χ3n) is 7.93. The molecule has 0 unspecified atom stereocenters. The summed E-state index contributed by atoms with van der Waals surface area (Å²) in [7, 11) is 0. The van der Waals surface area contributed by atoms with E-state index < -0.39 is 90.9 Å². The minimum Gasteiger partial charge on any atom is -0.508 e. The van der Waals surface area contributed by atoms with Crippen molar-refractivity contribution in [3.8, 4) is 5.75 Å². The van der Waals surface area contributed by atoms with Crippen LogP contribution in [0.15, 0.2) is 34.3 Å². The molecule has 0 bridgehead atoms. The lowest BCUT2D eigenvalue weighted by molar-refractivity contribution is -0.138. The maximum atomic E-state index is 13.7. The van der Waals surface area contributed by atoms with Gasteiger partial charge in [-0.15, -0.1) is 0 Å². The smallest absolute Gasteiger partial charge is 0.303 e. The van der Waals surface area contributed by atoms with Gasteiger partial charge in [-0.05, 0) is 56.7 Å². The fraction of sp³-hybridized carbons (Fsp3) is 0.545. The summed E-state index contributed by atoms with van der Waals surface area (Å²) in [6.45, 7) is 0.404. The van der Waals surface area contributed by atoms with Crippen molar-refractivity contribution in [1.29, 1.82) is 0 Å². The molecule has 7 atom stereocenters. The summed E-state index contributed by atoms with van der Waals surface area (Å²) in [6.07, 6.45) is -1.56. The number of benzene rings is 1. The van der Waals surface area contributed by atoms with Crippen LogP contribution in [0.25, 0.3) is 0 Å². The van der Waals surface area contributed by atoms with Gasteiger partial charge in [-0.25, -0.2) is 0 Å². The van der Waals surface area contributed by atoms with E-state index in [1.807, 2.05) is 0 Å². The van der Waals surface area contributed by atoms with Gasteiger partial charge in [0.15, 0.2) is 11.9 Å². The van der Waals surface area contributed by atoms with Crippen LogP contribution in [0.2, 0.25) is 0 Å². The average molecular weight is 795 g/mol. The normalized spacial score (nSPS) is 14.5. The Hall–Kier alpha value is -6.07. The van der Waals surface area contributed by atoms with Gasteiger partial charge in [0.25, 0.3) is 0 Å². The monoisotopic (exact) mass is 794 g/mol. The molecule has 0 aromatic heterocycles. The number of aromatic hydroxyl groups is 1. The number of nitrogens with one attached hydrogen (secondary N) is 5. The van der Waals surface area contributed by atoms with Crippen LogP contribution in [0.3, 0.4) is 0 Å². The molecule has 0 aliphatic heterocycles. The molecule has 5 amide bonds. The summed E-state index contributed by atoms with van der Waals surface area (Å²) in [6, 6.07) is -2.97. The number of hydrogen-bond donors (Lipinski definition) is 14. The maximum absolute atomic E-state index is 13.7. The quantitative estimate of drug-likeness (QED) is 0.0180. The molecular weight excluding hydrogens is 740 g/mol. The predicted octanol–water partition coefficient (Wildman–Crippen LogP) is -5.77. The zero-order valence-electron chi connectivity index (χ0n) is 30.9. The maximum Gasteiger partial charge on any atom is 0.303 e. The van der Waals surface area contributed by atoms with Crippen LogP contribution in [0.1, 0.15) is 51.0 Å². The molecule has 312 valence electrons. The molecule has 1 aromatic carbocycles. The average Bonchev–Trinajstić information content (AvgIpc) is 3.13. The Morgan fingerprint density at radius 1 is 0.732 bits per heavy atom. The number of aldehydes is 1. The van der Waals surface area contributed by atoms with Gasteiger partial charge in [-0.2, -0.15) is 0 Å². The molecule has 56 heavy (non-hydrogen) atoms. The van der Waals surface area contributed by atoms with E-state index in [4.69, 9.17) is 33.8 Å². The van der Waals surface area contributed by atoms with Crippen molar-refractivity contribution in [2.45, 2.75) is 94.2 Å². The first-order valence-corrected chi connectivity index (χ1v) is 17.5. The number of nitrogens with zero attached hydrogens (tertiary/aromatic N) is 2. The number of nitrogens with two attached hydrogens (primary N) is 5. The number of aliphatic imine (C=N–C) groups is 2. The van der Waals surface area contributed by atoms with Crippen molar-refractivity contribution < 1.29 is 54.0 Å². The number of phenols is 1. The number of carbonyl (C=O) groups is 7. The van der Waals surface area contributed by atoms with E-state index in [-0.39, 0.29) is 69.1 Å². The molecule has 0 fully saturated rings. The molecule has 23 heteroatoms. The van der Waals surface area contributed by atoms with E-state index in [2.05, 4.69) is 36.6 Å². The van der Waals surface area contributed by atoms with E-state index in [0.717, 1.165) is 6.92 Å². The zero-order valence-corrected chi connectivity index (χ0v) is 30.9. The van der Waals surface area contributed by atoms with Crippen molar-refractivity contribution in [2.75, 3.05) is 19.7 Å². The Labute approximate surface area is 322 Å². The highest BCUT2D eigenvalue weighted by Crippen LogP contribution is 2.12. The molecule has 0 heterocycles. The van der Waals surface area contributed by atoms with E-state index in [1.165, 1.54) is 24.3 Å². The second-order valence-electron chi connectivity index (χ2n) is 12.7. The number of aliphatic carboxylic acids is 1. The molecular formula is C33H54N12O11. The molecule has 1 aromatic rings. The number of aliphatic hydroxyl groups excluding tert-OH is 2. The van der Waals surface area contributed by atoms with E-state index >= 15 is 0 Å². The van der Waals surface area contributed by atoms with Crippen molar-refractivity contribution >= 4 is 53.7 Å². The number of carboxylic acid groups (broad SMARTS) is 1. The number of amides is 5. The van der Waals surface area contributed by atoms with Crippen LogP contribution in [0.4, 0.5) is 0 Å². The van der Waals surface area contributed by atoms with Crippen LogP contribution in [0.5, 0.6) is 5.75 Å². The highest BCUT2D eigenvalue weighted by molar-refractivity contribution is 5.96. The van der Waals surface area contributed by atoms with Crippen LogP contribution in [-0.4, -0.2) is 136 Å². The molecule has 0 aliphatic carbocycles. The van der Waals surface area contributed by atoms with Crippen LogP contribution in [0, 0.1) is 0 Å². The van der Waals surface area contributed by atoms with Gasteiger partial charge in [-0.1, -0.05) is 12.1 Å².